The Morgan fingerprint density at radius 1 is 0.880 bits per heavy atom. The zero-order valence-electron chi connectivity index (χ0n) is 15.7. The maximum Gasteiger partial charge on any atom is 0.0824 e. The van der Waals surface area contributed by atoms with E-state index in [4.69, 9.17) is 0 Å². The molecule has 0 aromatic heterocycles. The van der Waals surface area contributed by atoms with E-state index in [0.29, 0.717) is 6.42 Å². The Bertz CT molecular complexity index is 642. The molecule has 1 heteroatoms. The van der Waals surface area contributed by atoms with Crippen molar-refractivity contribution < 1.29 is 5.11 Å². The van der Waals surface area contributed by atoms with Gasteiger partial charge in [0.2, 0.25) is 0 Å². The zero-order chi connectivity index (χ0) is 18.5. The van der Waals surface area contributed by atoms with Gasteiger partial charge in [0.25, 0.3) is 0 Å². The number of aliphatic hydroxyl groups excluding tert-OH is 1. The van der Waals surface area contributed by atoms with Crippen molar-refractivity contribution in [1.29, 1.82) is 0 Å². The van der Waals surface area contributed by atoms with Crippen LogP contribution in [-0.4, -0.2) is 5.11 Å². The maximum absolute atomic E-state index is 9.67. The molecule has 0 aliphatic rings. The Hall–Kier alpha value is -2.12. The molecule has 0 fully saturated rings. The van der Waals surface area contributed by atoms with Crippen molar-refractivity contribution in [3.05, 3.63) is 96.1 Å². The minimum absolute atomic E-state index is 0.399. The first-order valence-corrected chi connectivity index (χ1v) is 9.21. The zero-order valence-corrected chi connectivity index (χ0v) is 15.7. The second kappa shape index (κ2) is 12.3. The molecule has 2 aromatic carbocycles. The Morgan fingerprint density at radius 2 is 1.48 bits per heavy atom. The van der Waals surface area contributed by atoms with Gasteiger partial charge in [-0.2, -0.15) is 0 Å². The van der Waals surface area contributed by atoms with Crippen molar-refractivity contribution in [2.24, 2.45) is 0 Å². The third-order valence-electron chi connectivity index (χ3n) is 4.17. The van der Waals surface area contributed by atoms with E-state index in [-0.39, 0.29) is 0 Å². The normalized spacial score (nSPS) is 11.2. The molecular weight excluding hydrogens is 304 g/mol. The number of benzene rings is 2. The smallest absolute Gasteiger partial charge is 0.0824 e. The number of hydrogen-bond acceptors (Lipinski definition) is 1. The number of aliphatic hydroxyl groups is 1. The van der Waals surface area contributed by atoms with Gasteiger partial charge in [0.1, 0.15) is 0 Å². The maximum atomic E-state index is 9.67. The van der Waals surface area contributed by atoms with Crippen LogP contribution < -0.4 is 0 Å². The fourth-order valence-corrected chi connectivity index (χ4v) is 2.59. The van der Waals surface area contributed by atoms with Crippen LogP contribution >= 0.6 is 0 Å². The highest BCUT2D eigenvalue weighted by Crippen LogP contribution is 2.18. The highest BCUT2D eigenvalue weighted by molar-refractivity contribution is 5.25. The highest BCUT2D eigenvalue weighted by atomic mass is 16.3. The summed E-state index contributed by atoms with van der Waals surface area (Å²) in [7, 11) is 0. The molecule has 0 aliphatic heterocycles. The Kier molecular flexibility index (Phi) is 10.3. The third kappa shape index (κ3) is 8.00. The first-order chi connectivity index (χ1) is 12.1. The van der Waals surface area contributed by atoms with E-state index < -0.39 is 6.10 Å². The van der Waals surface area contributed by atoms with Gasteiger partial charge in [-0.15, -0.1) is 13.2 Å². The standard InChI is InChI=1S/C12H16O.C12H16/c1-3-6-12(13)11-8-5-7-10(4-2)9-11;1-3-5-7-12-9-6-8-11(4-2)10-12/h3,5,7-9,12-13H,1,4,6H2,2H3;3,6,8-10H,1,4-5,7H2,2H3. The van der Waals surface area contributed by atoms with Crippen molar-refractivity contribution in [1.82, 2.24) is 0 Å². The van der Waals surface area contributed by atoms with E-state index in [1.807, 2.05) is 24.3 Å². The molecule has 2 rings (SSSR count). The minimum Gasteiger partial charge on any atom is -0.388 e. The van der Waals surface area contributed by atoms with Crippen LogP contribution in [0.4, 0.5) is 0 Å². The Labute approximate surface area is 153 Å². The first kappa shape index (κ1) is 20.9. The number of hydrogen-bond donors (Lipinski definition) is 1. The topological polar surface area (TPSA) is 20.2 Å². The predicted octanol–water partition coefficient (Wildman–Crippen LogP) is 6.23. The van der Waals surface area contributed by atoms with Gasteiger partial charge in [0, 0.05) is 0 Å². The van der Waals surface area contributed by atoms with Crippen molar-refractivity contribution in [3.63, 3.8) is 0 Å². The average Bonchev–Trinajstić information content (AvgIpc) is 2.67. The fraction of sp³-hybridized carbons (Fsp3) is 0.333. The lowest BCUT2D eigenvalue weighted by Gasteiger charge is -2.09. The number of allylic oxidation sites excluding steroid dienone is 1. The second-order valence-corrected chi connectivity index (χ2v) is 6.14. The molecule has 134 valence electrons. The molecule has 0 bridgehead atoms. The lowest BCUT2D eigenvalue weighted by atomic mass is 10.0. The third-order valence-corrected chi connectivity index (χ3v) is 4.17. The molecule has 0 saturated heterocycles. The van der Waals surface area contributed by atoms with Gasteiger partial charge < -0.3 is 5.11 Å². The number of rotatable bonds is 8. The van der Waals surface area contributed by atoms with Gasteiger partial charge in [0.05, 0.1) is 6.10 Å². The summed E-state index contributed by atoms with van der Waals surface area (Å²) in [5, 5.41) is 9.67. The summed E-state index contributed by atoms with van der Waals surface area (Å²) in [6.45, 7) is 11.6. The molecule has 0 spiro atoms. The van der Waals surface area contributed by atoms with Crippen molar-refractivity contribution in [2.75, 3.05) is 0 Å². The van der Waals surface area contributed by atoms with Gasteiger partial charge >= 0.3 is 0 Å². The molecule has 1 N–H and O–H groups in total. The van der Waals surface area contributed by atoms with E-state index in [1.165, 1.54) is 16.7 Å². The summed E-state index contributed by atoms with van der Waals surface area (Å²) in [5.74, 6) is 0. The van der Waals surface area contributed by atoms with Crippen LogP contribution in [0.1, 0.15) is 55.0 Å². The molecule has 0 heterocycles. The van der Waals surface area contributed by atoms with Crippen LogP contribution in [0.5, 0.6) is 0 Å². The highest BCUT2D eigenvalue weighted by Gasteiger charge is 2.04. The fourth-order valence-electron chi connectivity index (χ4n) is 2.59. The van der Waals surface area contributed by atoms with Gasteiger partial charge in [-0.05, 0) is 54.4 Å². The van der Waals surface area contributed by atoms with Crippen LogP contribution in [0.2, 0.25) is 0 Å². The molecular formula is C24H32O. The quantitative estimate of drug-likeness (QED) is 0.567. The summed E-state index contributed by atoms with van der Waals surface area (Å²) in [6.07, 6.45) is 8.26. The van der Waals surface area contributed by atoms with Gasteiger partial charge in [-0.25, -0.2) is 0 Å². The van der Waals surface area contributed by atoms with Crippen molar-refractivity contribution >= 4 is 0 Å². The van der Waals surface area contributed by atoms with E-state index in [1.54, 1.807) is 6.08 Å². The summed E-state index contributed by atoms with van der Waals surface area (Å²) in [5.41, 5.74) is 5.10. The molecule has 1 nitrogen and oxygen atoms in total. The predicted molar refractivity (Wildman–Crippen MR) is 110 cm³/mol. The van der Waals surface area contributed by atoms with Crippen LogP contribution in [-0.2, 0) is 19.3 Å². The van der Waals surface area contributed by atoms with E-state index >= 15 is 0 Å². The summed E-state index contributed by atoms with van der Waals surface area (Å²) < 4.78 is 0. The number of aryl methyl sites for hydroxylation is 3. The minimum atomic E-state index is -0.399. The van der Waals surface area contributed by atoms with Crippen molar-refractivity contribution in [2.45, 2.75) is 52.1 Å². The van der Waals surface area contributed by atoms with Crippen LogP contribution in [0.15, 0.2) is 73.8 Å². The van der Waals surface area contributed by atoms with E-state index in [0.717, 1.165) is 31.2 Å². The largest absolute Gasteiger partial charge is 0.388 e. The van der Waals surface area contributed by atoms with Crippen LogP contribution in [0, 0.1) is 0 Å². The molecule has 1 unspecified atom stereocenters. The molecule has 25 heavy (non-hydrogen) atoms. The Morgan fingerprint density at radius 3 is 2.08 bits per heavy atom. The molecule has 0 aliphatic carbocycles. The van der Waals surface area contributed by atoms with Gasteiger partial charge in [0.15, 0.2) is 0 Å². The van der Waals surface area contributed by atoms with E-state index in [9.17, 15) is 5.11 Å². The molecule has 0 amide bonds. The molecule has 0 saturated carbocycles. The SMILES string of the molecule is C=CCC(O)c1cccc(CC)c1.C=CCCc1cccc(CC)c1. The lowest BCUT2D eigenvalue weighted by molar-refractivity contribution is 0.181. The van der Waals surface area contributed by atoms with Crippen LogP contribution in [0.25, 0.3) is 0 Å². The Balaban J connectivity index is 0.000000251. The molecule has 0 radical (unpaired) electrons. The van der Waals surface area contributed by atoms with E-state index in [2.05, 4.69) is 57.3 Å². The summed E-state index contributed by atoms with van der Waals surface area (Å²) in [6, 6.07) is 16.8. The van der Waals surface area contributed by atoms with Gasteiger partial charge in [-0.1, -0.05) is 74.5 Å². The van der Waals surface area contributed by atoms with Crippen LogP contribution in [0.3, 0.4) is 0 Å². The summed E-state index contributed by atoms with van der Waals surface area (Å²) in [4.78, 5) is 0. The second-order valence-electron chi connectivity index (χ2n) is 6.14. The summed E-state index contributed by atoms with van der Waals surface area (Å²) >= 11 is 0. The molecule has 1 atom stereocenters. The first-order valence-electron chi connectivity index (χ1n) is 9.21. The van der Waals surface area contributed by atoms with Gasteiger partial charge in [-0.3, -0.25) is 0 Å². The lowest BCUT2D eigenvalue weighted by Crippen LogP contribution is -1.96. The molecule has 2 aromatic rings. The monoisotopic (exact) mass is 336 g/mol. The van der Waals surface area contributed by atoms with Crippen molar-refractivity contribution in [3.8, 4) is 0 Å². The average molecular weight is 337 g/mol.